The third-order valence-corrected chi connectivity index (χ3v) is 2.49. The Labute approximate surface area is 102 Å². The van der Waals surface area contributed by atoms with E-state index in [0.29, 0.717) is 0 Å². The molecule has 1 rings (SSSR count). The van der Waals surface area contributed by atoms with E-state index in [2.05, 4.69) is 9.73 Å². The molecule has 0 saturated carbocycles. The largest absolute Gasteiger partial charge is 0.481 e. The number of hydrogen-bond acceptors (Lipinski definition) is 5. The second kappa shape index (κ2) is 5.30. The number of aliphatic carboxylic acids is 1. The maximum absolute atomic E-state index is 11.6. The molecular formula is C10H12N2O6. The average molecular weight is 256 g/mol. The number of hydrogen-bond donors (Lipinski definition) is 2. The van der Waals surface area contributed by atoms with E-state index in [0.717, 1.165) is 12.1 Å². The number of nitrogens with zero attached hydrogens (tertiary/aromatic N) is 1. The minimum atomic E-state index is -1.05. The maximum Gasteiger partial charge on any atom is 0.433 e. The number of furan rings is 1. The Bertz CT molecular complexity index is 480. The van der Waals surface area contributed by atoms with Crippen molar-refractivity contribution in [2.75, 3.05) is 0 Å². The second-order valence-corrected chi connectivity index (χ2v) is 3.78. The predicted octanol–water partition coefficient (Wildman–Crippen LogP) is 1.03. The Balaban J connectivity index is 2.70. The third kappa shape index (κ3) is 3.06. The summed E-state index contributed by atoms with van der Waals surface area (Å²) in [6.45, 7) is 2.96. The van der Waals surface area contributed by atoms with Crippen molar-refractivity contribution in [1.82, 2.24) is 5.32 Å². The van der Waals surface area contributed by atoms with Crippen LogP contribution in [0.5, 0.6) is 0 Å². The molecule has 2 atom stereocenters. The molecule has 0 fully saturated rings. The van der Waals surface area contributed by atoms with Crippen LogP contribution in [0.1, 0.15) is 24.4 Å². The van der Waals surface area contributed by atoms with Gasteiger partial charge < -0.3 is 14.8 Å². The normalized spacial score (nSPS) is 13.7. The maximum atomic E-state index is 11.6. The van der Waals surface area contributed by atoms with Crippen LogP contribution in [0.15, 0.2) is 16.5 Å². The molecule has 98 valence electrons. The molecule has 1 amide bonds. The molecule has 0 spiro atoms. The van der Waals surface area contributed by atoms with Gasteiger partial charge in [-0.2, -0.15) is 0 Å². The van der Waals surface area contributed by atoms with Crippen LogP contribution >= 0.6 is 0 Å². The SMILES string of the molecule is CC(NC(=O)c1ccc([N+](=O)[O-])o1)C(C)C(=O)O. The van der Waals surface area contributed by atoms with Crippen molar-refractivity contribution >= 4 is 17.8 Å². The molecule has 8 nitrogen and oxygen atoms in total. The highest BCUT2D eigenvalue weighted by Crippen LogP contribution is 2.15. The van der Waals surface area contributed by atoms with Crippen LogP contribution in [0.3, 0.4) is 0 Å². The first-order chi connectivity index (χ1) is 8.32. The van der Waals surface area contributed by atoms with Crippen molar-refractivity contribution in [3.05, 3.63) is 28.0 Å². The molecule has 1 aromatic rings. The van der Waals surface area contributed by atoms with Crippen LogP contribution in [0.2, 0.25) is 0 Å². The molecule has 0 aliphatic heterocycles. The van der Waals surface area contributed by atoms with Crippen molar-refractivity contribution in [3.8, 4) is 0 Å². The van der Waals surface area contributed by atoms with Crippen molar-refractivity contribution < 1.29 is 24.0 Å². The molecule has 0 aromatic carbocycles. The number of nitro groups is 1. The zero-order chi connectivity index (χ0) is 13.9. The monoisotopic (exact) mass is 256 g/mol. The van der Waals surface area contributed by atoms with Crippen LogP contribution in [0.25, 0.3) is 0 Å². The molecule has 0 bridgehead atoms. The number of carboxylic acids is 1. The summed E-state index contributed by atoms with van der Waals surface area (Å²) in [5.41, 5.74) is 0. The smallest absolute Gasteiger partial charge is 0.433 e. The molecule has 0 saturated heterocycles. The van der Waals surface area contributed by atoms with Gasteiger partial charge in [0.2, 0.25) is 0 Å². The van der Waals surface area contributed by atoms with Gasteiger partial charge in [-0.1, -0.05) is 0 Å². The molecule has 1 heterocycles. The third-order valence-electron chi connectivity index (χ3n) is 2.49. The summed E-state index contributed by atoms with van der Waals surface area (Å²) >= 11 is 0. The standard InChI is InChI=1S/C10H12N2O6/c1-5(10(14)15)6(2)11-9(13)7-3-4-8(18-7)12(16)17/h3-6H,1-2H3,(H,11,13)(H,14,15). The minimum absolute atomic E-state index is 0.230. The van der Waals surface area contributed by atoms with E-state index in [1.54, 1.807) is 0 Å². The van der Waals surface area contributed by atoms with Gasteiger partial charge >= 0.3 is 11.9 Å². The van der Waals surface area contributed by atoms with Crippen molar-refractivity contribution in [2.45, 2.75) is 19.9 Å². The first-order valence-corrected chi connectivity index (χ1v) is 5.10. The Morgan fingerprint density at radius 1 is 1.44 bits per heavy atom. The molecule has 1 aromatic heterocycles. The Hall–Kier alpha value is -2.38. The van der Waals surface area contributed by atoms with Gasteiger partial charge in [-0.05, 0) is 19.9 Å². The number of nitrogens with one attached hydrogen (secondary N) is 1. The van der Waals surface area contributed by atoms with Gasteiger partial charge in [-0.3, -0.25) is 19.7 Å². The Morgan fingerprint density at radius 3 is 2.50 bits per heavy atom. The lowest BCUT2D eigenvalue weighted by Gasteiger charge is -2.16. The van der Waals surface area contributed by atoms with E-state index in [4.69, 9.17) is 5.11 Å². The predicted molar refractivity (Wildman–Crippen MR) is 59.1 cm³/mol. The van der Waals surface area contributed by atoms with Crippen LogP contribution in [0.4, 0.5) is 5.88 Å². The summed E-state index contributed by atoms with van der Waals surface area (Å²) < 4.78 is 4.69. The Kier molecular flexibility index (Phi) is 4.03. The molecule has 18 heavy (non-hydrogen) atoms. The van der Waals surface area contributed by atoms with E-state index in [-0.39, 0.29) is 5.76 Å². The van der Waals surface area contributed by atoms with Crippen molar-refractivity contribution in [1.29, 1.82) is 0 Å². The topological polar surface area (TPSA) is 123 Å². The lowest BCUT2D eigenvalue weighted by atomic mass is 10.0. The summed E-state index contributed by atoms with van der Waals surface area (Å²) in [7, 11) is 0. The van der Waals surface area contributed by atoms with Gasteiger partial charge in [0, 0.05) is 6.04 Å². The average Bonchev–Trinajstić information content (AvgIpc) is 2.76. The number of carboxylic acid groups (broad SMARTS) is 1. The van der Waals surface area contributed by atoms with E-state index in [1.165, 1.54) is 13.8 Å². The summed E-state index contributed by atoms with van der Waals surface area (Å²) in [6.07, 6.45) is 0. The number of carbonyl (C=O) groups is 2. The lowest BCUT2D eigenvalue weighted by molar-refractivity contribution is -0.402. The molecule has 0 aliphatic carbocycles. The second-order valence-electron chi connectivity index (χ2n) is 3.78. The molecule has 2 unspecified atom stereocenters. The summed E-state index contributed by atoms with van der Waals surface area (Å²) in [5.74, 6) is -3.29. The first-order valence-electron chi connectivity index (χ1n) is 5.10. The summed E-state index contributed by atoms with van der Waals surface area (Å²) in [4.78, 5) is 31.9. The van der Waals surface area contributed by atoms with Gasteiger partial charge in [-0.25, -0.2) is 0 Å². The van der Waals surface area contributed by atoms with Gasteiger partial charge in [0.05, 0.1) is 12.0 Å². The highest BCUT2D eigenvalue weighted by atomic mass is 16.6. The quantitative estimate of drug-likeness (QED) is 0.599. The van der Waals surface area contributed by atoms with Crippen LogP contribution in [-0.2, 0) is 4.79 Å². The van der Waals surface area contributed by atoms with Gasteiger partial charge in [0.15, 0.2) is 5.76 Å². The van der Waals surface area contributed by atoms with Crippen LogP contribution in [0, 0.1) is 16.0 Å². The fourth-order valence-corrected chi connectivity index (χ4v) is 1.16. The van der Waals surface area contributed by atoms with Crippen LogP contribution < -0.4 is 5.32 Å². The van der Waals surface area contributed by atoms with Crippen molar-refractivity contribution in [3.63, 3.8) is 0 Å². The lowest BCUT2D eigenvalue weighted by Crippen LogP contribution is -2.39. The summed E-state index contributed by atoms with van der Waals surface area (Å²) in [5, 5.41) is 21.5. The minimum Gasteiger partial charge on any atom is -0.481 e. The zero-order valence-electron chi connectivity index (χ0n) is 9.75. The fourth-order valence-electron chi connectivity index (χ4n) is 1.16. The highest BCUT2D eigenvalue weighted by molar-refractivity contribution is 5.92. The van der Waals surface area contributed by atoms with E-state index in [1.807, 2.05) is 0 Å². The first kappa shape index (κ1) is 13.7. The van der Waals surface area contributed by atoms with Gasteiger partial charge in [-0.15, -0.1) is 0 Å². The van der Waals surface area contributed by atoms with E-state index in [9.17, 15) is 19.7 Å². The molecular weight excluding hydrogens is 244 g/mol. The van der Waals surface area contributed by atoms with Gasteiger partial charge in [0.25, 0.3) is 5.91 Å². The van der Waals surface area contributed by atoms with Crippen molar-refractivity contribution in [2.24, 2.45) is 5.92 Å². The van der Waals surface area contributed by atoms with Gasteiger partial charge in [0.1, 0.15) is 4.92 Å². The highest BCUT2D eigenvalue weighted by Gasteiger charge is 2.24. The Morgan fingerprint density at radius 2 is 2.06 bits per heavy atom. The van der Waals surface area contributed by atoms with Crippen LogP contribution in [-0.4, -0.2) is 27.9 Å². The fraction of sp³-hybridized carbons (Fsp3) is 0.400. The molecule has 8 heteroatoms. The molecule has 0 radical (unpaired) electrons. The molecule has 2 N–H and O–H groups in total. The molecule has 0 aliphatic rings. The number of rotatable bonds is 5. The summed E-state index contributed by atoms with van der Waals surface area (Å²) in [6, 6.07) is 1.59. The number of amides is 1. The number of carbonyl (C=O) groups excluding carboxylic acids is 1. The van der Waals surface area contributed by atoms with E-state index < -0.39 is 34.6 Å². The zero-order valence-corrected chi connectivity index (χ0v) is 9.75. The van der Waals surface area contributed by atoms with E-state index >= 15 is 0 Å².